The Hall–Kier alpha value is -3.32. The Labute approximate surface area is 186 Å². The summed E-state index contributed by atoms with van der Waals surface area (Å²) in [6.45, 7) is 0.659. The number of methoxy groups -OCH3 is 2. The van der Waals surface area contributed by atoms with Gasteiger partial charge in [0.25, 0.3) is 0 Å². The third-order valence-corrected chi connectivity index (χ3v) is 6.14. The molecule has 1 N–H and O–H groups in total. The Morgan fingerprint density at radius 2 is 1.61 bits per heavy atom. The molecule has 1 fully saturated rings. The largest absolute Gasteiger partial charge is 0.497 e. The molecule has 3 aromatic rings. The molecule has 1 aliphatic rings. The van der Waals surface area contributed by atoms with E-state index in [0.29, 0.717) is 23.7 Å². The molecule has 7 heteroatoms. The highest BCUT2D eigenvalue weighted by Crippen LogP contribution is 2.40. The number of nitrogens with one attached hydrogen (secondary N) is 1. The second kappa shape index (κ2) is 9.66. The Morgan fingerprint density at radius 1 is 0.903 bits per heavy atom. The SMILES string of the molecule is COc1cc(NC(=O)N2CCS[C@H]2c2cccc(Oc3ccccc3)c2)cc(OC)c1. The molecule has 1 atom stereocenters. The van der Waals surface area contributed by atoms with Crippen LogP contribution < -0.4 is 19.5 Å². The van der Waals surface area contributed by atoms with Gasteiger partial charge in [0.1, 0.15) is 28.4 Å². The molecule has 6 nitrogen and oxygen atoms in total. The molecule has 0 aliphatic carbocycles. The van der Waals surface area contributed by atoms with E-state index < -0.39 is 0 Å². The minimum absolute atomic E-state index is 0.0909. The summed E-state index contributed by atoms with van der Waals surface area (Å²) in [6.07, 6.45) is 0. The molecule has 1 heterocycles. The maximum atomic E-state index is 13.1. The second-order valence-electron chi connectivity index (χ2n) is 6.94. The van der Waals surface area contributed by atoms with Crippen molar-refractivity contribution in [2.45, 2.75) is 5.37 Å². The summed E-state index contributed by atoms with van der Waals surface area (Å²) in [5.74, 6) is 3.62. The van der Waals surface area contributed by atoms with Crippen LogP contribution in [0.1, 0.15) is 10.9 Å². The van der Waals surface area contributed by atoms with E-state index in [-0.39, 0.29) is 11.4 Å². The lowest BCUT2D eigenvalue weighted by Gasteiger charge is -2.25. The van der Waals surface area contributed by atoms with Crippen molar-refractivity contribution >= 4 is 23.5 Å². The predicted molar refractivity (Wildman–Crippen MR) is 123 cm³/mol. The van der Waals surface area contributed by atoms with Crippen molar-refractivity contribution in [3.05, 3.63) is 78.4 Å². The van der Waals surface area contributed by atoms with Crippen LogP contribution in [0.3, 0.4) is 0 Å². The molecule has 0 spiro atoms. The van der Waals surface area contributed by atoms with Crippen LogP contribution in [0.5, 0.6) is 23.0 Å². The average molecular weight is 437 g/mol. The third kappa shape index (κ3) is 5.06. The fraction of sp³-hybridized carbons (Fsp3) is 0.208. The second-order valence-corrected chi connectivity index (χ2v) is 8.12. The Kier molecular flexibility index (Phi) is 6.52. The van der Waals surface area contributed by atoms with Crippen molar-refractivity contribution in [3.8, 4) is 23.0 Å². The van der Waals surface area contributed by atoms with Crippen LogP contribution in [0, 0.1) is 0 Å². The van der Waals surface area contributed by atoms with Gasteiger partial charge in [0.05, 0.1) is 14.2 Å². The number of para-hydroxylation sites is 1. The van der Waals surface area contributed by atoms with Gasteiger partial charge in [0.2, 0.25) is 0 Å². The van der Waals surface area contributed by atoms with Gasteiger partial charge < -0.3 is 24.4 Å². The first-order valence-electron chi connectivity index (χ1n) is 9.91. The van der Waals surface area contributed by atoms with Crippen LogP contribution in [-0.4, -0.2) is 37.4 Å². The number of rotatable bonds is 6. The lowest BCUT2D eigenvalue weighted by atomic mass is 10.2. The number of carbonyl (C=O) groups excluding carboxylic acids is 1. The fourth-order valence-electron chi connectivity index (χ4n) is 3.39. The molecule has 2 amide bonds. The van der Waals surface area contributed by atoms with Gasteiger partial charge in [-0.2, -0.15) is 0 Å². The van der Waals surface area contributed by atoms with Crippen LogP contribution >= 0.6 is 11.8 Å². The van der Waals surface area contributed by atoms with E-state index in [1.807, 2.05) is 59.5 Å². The molecule has 160 valence electrons. The zero-order valence-corrected chi connectivity index (χ0v) is 18.2. The number of nitrogens with zero attached hydrogens (tertiary/aromatic N) is 1. The van der Waals surface area contributed by atoms with E-state index in [1.165, 1.54) is 0 Å². The van der Waals surface area contributed by atoms with Crippen molar-refractivity contribution in [1.29, 1.82) is 0 Å². The molecule has 1 aliphatic heterocycles. The van der Waals surface area contributed by atoms with Gasteiger partial charge in [-0.15, -0.1) is 11.8 Å². The first-order valence-corrected chi connectivity index (χ1v) is 11.0. The minimum atomic E-state index is -0.167. The standard InChI is InChI=1S/C24H24N2O4S/c1-28-21-14-18(15-22(16-21)29-2)25-24(27)26-11-12-31-23(26)17-7-6-10-20(13-17)30-19-8-4-3-5-9-19/h3-10,13-16,23H,11-12H2,1-2H3,(H,25,27)/t23-/m0/s1. The number of anilines is 1. The Morgan fingerprint density at radius 3 is 2.32 bits per heavy atom. The zero-order chi connectivity index (χ0) is 21.6. The smallest absolute Gasteiger partial charge is 0.323 e. The summed E-state index contributed by atoms with van der Waals surface area (Å²) in [5.41, 5.74) is 1.65. The number of urea groups is 1. The van der Waals surface area contributed by atoms with Gasteiger partial charge >= 0.3 is 6.03 Å². The highest BCUT2D eigenvalue weighted by Gasteiger charge is 2.31. The molecule has 31 heavy (non-hydrogen) atoms. The number of carbonyl (C=O) groups is 1. The van der Waals surface area contributed by atoms with Crippen molar-refractivity contribution < 1.29 is 19.0 Å². The summed E-state index contributed by atoms with van der Waals surface area (Å²) in [6, 6.07) is 22.7. The van der Waals surface area contributed by atoms with Gasteiger partial charge in [-0.05, 0) is 29.8 Å². The molecule has 4 rings (SSSR count). The van der Waals surface area contributed by atoms with Gasteiger partial charge in [-0.3, -0.25) is 0 Å². The van der Waals surface area contributed by atoms with Crippen LogP contribution in [-0.2, 0) is 0 Å². The van der Waals surface area contributed by atoms with E-state index in [0.717, 1.165) is 22.8 Å². The summed E-state index contributed by atoms with van der Waals surface area (Å²) in [5, 5.41) is 2.88. The van der Waals surface area contributed by atoms with E-state index in [4.69, 9.17) is 14.2 Å². The summed E-state index contributed by atoms with van der Waals surface area (Å²) in [4.78, 5) is 14.9. The monoisotopic (exact) mass is 436 g/mol. The van der Waals surface area contributed by atoms with Gasteiger partial charge in [0.15, 0.2) is 0 Å². The first-order chi connectivity index (χ1) is 15.2. The molecule has 1 saturated heterocycles. The molecule has 0 aromatic heterocycles. The minimum Gasteiger partial charge on any atom is -0.497 e. The fourth-order valence-corrected chi connectivity index (χ4v) is 4.63. The van der Waals surface area contributed by atoms with Gasteiger partial charge in [-0.1, -0.05) is 30.3 Å². The molecule has 0 saturated carbocycles. The van der Waals surface area contributed by atoms with Crippen LogP contribution in [0.2, 0.25) is 0 Å². The highest BCUT2D eigenvalue weighted by molar-refractivity contribution is 7.99. The van der Waals surface area contributed by atoms with Crippen molar-refractivity contribution in [1.82, 2.24) is 4.90 Å². The molecular formula is C24H24N2O4S. The number of hydrogen-bond donors (Lipinski definition) is 1. The lowest BCUT2D eigenvalue weighted by Crippen LogP contribution is -2.34. The van der Waals surface area contributed by atoms with E-state index in [1.54, 1.807) is 44.2 Å². The maximum Gasteiger partial charge on any atom is 0.323 e. The van der Waals surface area contributed by atoms with E-state index >= 15 is 0 Å². The topological polar surface area (TPSA) is 60.0 Å². The lowest BCUT2D eigenvalue weighted by molar-refractivity contribution is 0.214. The average Bonchev–Trinajstić information content (AvgIpc) is 3.30. The number of hydrogen-bond acceptors (Lipinski definition) is 5. The van der Waals surface area contributed by atoms with Crippen molar-refractivity contribution in [2.24, 2.45) is 0 Å². The van der Waals surface area contributed by atoms with Gasteiger partial charge in [0, 0.05) is 36.2 Å². The molecule has 0 bridgehead atoms. The summed E-state index contributed by atoms with van der Waals surface area (Å²) in [7, 11) is 3.16. The number of benzene rings is 3. The number of thioether (sulfide) groups is 1. The quantitative estimate of drug-likeness (QED) is 0.531. The Balaban J connectivity index is 1.50. The summed E-state index contributed by atoms with van der Waals surface area (Å²) >= 11 is 1.73. The molecule has 3 aromatic carbocycles. The molecule has 0 radical (unpaired) electrons. The van der Waals surface area contributed by atoms with Crippen molar-refractivity contribution in [3.63, 3.8) is 0 Å². The Bertz CT molecular complexity index is 1020. The van der Waals surface area contributed by atoms with E-state index in [9.17, 15) is 4.79 Å². The first kappa shape index (κ1) is 20.9. The normalized spacial score (nSPS) is 15.4. The number of ether oxygens (including phenoxy) is 3. The zero-order valence-electron chi connectivity index (χ0n) is 17.4. The van der Waals surface area contributed by atoms with Gasteiger partial charge in [-0.25, -0.2) is 4.79 Å². The number of amides is 2. The van der Waals surface area contributed by atoms with Crippen LogP contribution in [0.15, 0.2) is 72.8 Å². The predicted octanol–water partition coefficient (Wildman–Crippen LogP) is 5.78. The van der Waals surface area contributed by atoms with Crippen LogP contribution in [0.25, 0.3) is 0 Å². The van der Waals surface area contributed by atoms with Crippen molar-refractivity contribution in [2.75, 3.05) is 31.8 Å². The third-order valence-electron chi connectivity index (χ3n) is 4.88. The highest BCUT2D eigenvalue weighted by atomic mass is 32.2. The molecule has 0 unspecified atom stereocenters. The maximum absolute atomic E-state index is 13.1. The van der Waals surface area contributed by atoms with Crippen LogP contribution in [0.4, 0.5) is 10.5 Å². The summed E-state index contributed by atoms with van der Waals surface area (Å²) < 4.78 is 16.6. The van der Waals surface area contributed by atoms with E-state index in [2.05, 4.69) is 5.32 Å². The molecular weight excluding hydrogens is 412 g/mol.